The second-order valence-corrected chi connectivity index (χ2v) is 5.82. The van der Waals surface area contributed by atoms with Crippen molar-refractivity contribution in [2.75, 3.05) is 7.11 Å². The number of nitrogens with two attached hydrogens (primary N) is 1. The summed E-state index contributed by atoms with van der Waals surface area (Å²) in [7, 11) is 1.63. The number of ether oxygens (including phenoxy) is 1. The predicted molar refractivity (Wildman–Crippen MR) is 82.8 cm³/mol. The van der Waals surface area contributed by atoms with Crippen molar-refractivity contribution in [2.45, 2.75) is 12.5 Å². The summed E-state index contributed by atoms with van der Waals surface area (Å²) in [6, 6.07) is 13.3. The third kappa shape index (κ3) is 2.78. The molecule has 2 aromatic rings. The Morgan fingerprint density at radius 1 is 1.16 bits per heavy atom. The molecule has 0 amide bonds. The van der Waals surface area contributed by atoms with Gasteiger partial charge >= 0.3 is 0 Å². The summed E-state index contributed by atoms with van der Waals surface area (Å²) in [6.45, 7) is 1.95. The zero-order valence-corrected chi connectivity index (χ0v) is 13.1. The molecule has 0 aliphatic rings. The maximum atomic E-state index is 6.54. The second-order valence-electron chi connectivity index (χ2n) is 4.53. The molecule has 1 unspecified atom stereocenters. The first-order valence-electron chi connectivity index (χ1n) is 5.84. The highest BCUT2D eigenvalue weighted by Crippen LogP contribution is 2.37. The maximum Gasteiger partial charge on any atom is 0.124 e. The molecule has 0 heterocycles. The fraction of sp³-hybridized carbons (Fsp3) is 0.200. The molecule has 2 nitrogen and oxygen atoms in total. The highest BCUT2D eigenvalue weighted by Gasteiger charge is 2.29. The van der Waals surface area contributed by atoms with E-state index in [4.69, 9.17) is 22.1 Å². The van der Waals surface area contributed by atoms with Gasteiger partial charge < -0.3 is 10.5 Å². The zero-order valence-electron chi connectivity index (χ0n) is 10.8. The van der Waals surface area contributed by atoms with E-state index in [0.717, 1.165) is 21.3 Å². The fourth-order valence-electron chi connectivity index (χ4n) is 2.11. The number of hydrogen-bond acceptors (Lipinski definition) is 2. The predicted octanol–water partition coefficient (Wildman–Crippen LogP) is 4.33. The minimum Gasteiger partial charge on any atom is -0.496 e. The molecule has 0 aromatic heterocycles. The first-order chi connectivity index (χ1) is 8.96. The van der Waals surface area contributed by atoms with E-state index in [1.165, 1.54) is 0 Å². The van der Waals surface area contributed by atoms with Crippen LogP contribution in [0.15, 0.2) is 46.9 Å². The largest absolute Gasteiger partial charge is 0.496 e. The number of hydrogen-bond donors (Lipinski definition) is 1. The molecule has 19 heavy (non-hydrogen) atoms. The van der Waals surface area contributed by atoms with Gasteiger partial charge in [0.1, 0.15) is 5.75 Å². The van der Waals surface area contributed by atoms with E-state index in [1.54, 1.807) is 13.2 Å². The third-order valence-corrected chi connectivity index (χ3v) is 4.08. The Morgan fingerprint density at radius 2 is 1.84 bits per heavy atom. The highest BCUT2D eigenvalue weighted by atomic mass is 79.9. The zero-order chi connectivity index (χ0) is 14.0. The summed E-state index contributed by atoms with van der Waals surface area (Å²) in [4.78, 5) is 0. The van der Waals surface area contributed by atoms with Crippen LogP contribution in [0.4, 0.5) is 0 Å². The van der Waals surface area contributed by atoms with Crippen LogP contribution in [0.5, 0.6) is 5.75 Å². The van der Waals surface area contributed by atoms with Crippen molar-refractivity contribution < 1.29 is 4.74 Å². The summed E-state index contributed by atoms with van der Waals surface area (Å²) in [5, 5.41) is 0.638. The standard InChI is InChI=1S/C15H15BrClNO/c1-15(18,11-5-3-4-6-13(11)16)12-9-10(17)7-8-14(12)19-2/h3-9H,18H2,1-2H3. The summed E-state index contributed by atoms with van der Waals surface area (Å²) in [6.07, 6.45) is 0. The Labute approximate surface area is 126 Å². The van der Waals surface area contributed by atoms with Crippen molar-refractivity contribution >= 4 is 27.5 Å². The fourth-order valence-corrected chi connectivity index (χ4v) is 2.98. The van der Waals surface area contributed by atoms with Crippen LogP contribution in [0.3, 0.4) is 0 Å². The Kier molecular flexibility index (Phi) is 4.19. The summed E-state index contributed by atoms with van der Waals surface area (Å²) in [5.41, 5.74) is 7.68. The van der Waals surface area contributed by atoms with Gasteiger partial charge in [0.05, 0.1) is 12.6 Å². The smallest absolute Gasteiger partial charge is 0.124 e. The summed E-state index contributed by atoms with van der Waals surface area (Å²) < 4.78 is 6.35. The topological polar surface area (TPSA) is 35.2 Å². The SMILES string of the molecule is COc1ccc(Cl)cc1C(C)(N)c1ccccc1Br. The average molecular weight is 341 g/mol. The van der Waals surface area contributed by atoms with Gasteiger partial charge in [-0.3, -0.25) is 0 Å². The molecule has 0 radical (unpaired) electrons. The van der Waals surface area contributed by atoms with E-state index in [1.807, 2.05) is 43.3 Å². The minimum atomic E-state index is -0.698. The number of benzene rings is 2. The monoisotopic (exact) mass is 339 g/mol. The molecule has 0 saturated heterocycles. The second kappa shape index (κ2) is 5.53. The van der Waals surface area contributed by atoms with E-state index in [2.05, 4.69) is 15.9 Å². The lowest BCUT2D eigenvalue weighted by Crippen LogP contribution is -2.35. The maximum absolute atomic E-state index is 6.54. The van der Waals surface area contributed by atoms with Crippen molar-refractivity contribution in [3.63, 3.8) is 0 Å². The van der Waals surface area contributed by atoms with E-state index in [9.17, 15) is 0 Å². The summed E-state index contributed by atoms with van der Waals surface area (Å²) >= 11 is 9.62. The molecular weight excluding hydrogens is 326 g/mol. The van der Waals surface area contributed by atoms with Crippen LogP contribution in [0.1, 0.15) is 18.1 Å². The van der Waals surface area contributed by atoms with Gasteiger partial charge in [0.25, 0.3) is 0 Å². The molecule has 4 heteroatoms. The Morgan fingerprint density at radius 3 is 2.47 bits per heavy atom. The number of halogens is 2. The first kappa shape index (κ1) is 14.4. The van der Waals surface area contributed by atoms with Gasteiger partial charge in [0.15, 0.2) is 0 Å². The number of rotatable bonds is 3. The van der Waals surface area contributed by atoms with Gasteiger partial charge in [-0.25, -0.2) is 0 Å². The van der Waals surface area contributed by atoms with Crippen LogP contribution in [-0.4, -0.2) is 7.11 Å². The molecule has 0 spiro atoms. The van der Waals surface area contributed by atoms with Gasteiger partial charge in [-0.05, 0) is 36.8 Å². The van der Waals surface area contributed by atoms with Crippen LogP contribution in [0.25, 0.3) is 0 Å². The number of methoxy groups -OCH3 is 1. The van der Waals surface area contributed by atoms with E-state index in [-0.39, 0.29) is 0 Å². The van der Waals surface area contributed by atoms with Crippen LogP contribution in [0.2, 0.25) is 5.02 Å². The molecule has 0 bridgehead atoms. The van der Waals surface area contributed by atoms with Gasteiger partial charge in [0, 0.05) is 15.1 Å². The Balaban J connectivity index is 2.62. The molecule has 0 aliphatic carbocycles. The van der Waals surface area contributed by atoms with Gasteiger partial charge in [0.2, 0.25) is 0 Å². The quantitative estimate of drug-likeness (QED) is 0.902. The molecule has 2 aromatic carbocycles. The molecular formula is C15H15BrClNO. The van der Waals surface area contributed by atoms with E-state index in [0.29, 0.717) is 5.02 Å². The molecule has 2 N–H and O–H groups in total. The van der Waals surface area contributed by atoms with E-state index >= 15 is 0 Å². The van der Waals surface area contributed by atoms with Crippen LogP contribution in [-0.2, 0) is 5.54 Å². The summed E-state index contributed by atoms with van der Waals surface area (Å²) in [5.74, 6) is 0.727. The molecule has 0 aliphatic heterocycles. The lowest BCUT2D eigenvalue weighted by molar-refractivity contribution is 0.398. The van der Waals surface area contributed by atoms with E-state index < -0.39 is 5.54 Å². The van der Waals surface area contributed by atoms with Crippen LogP contribution in [0, 0.1) is 0 Å². The van der Waals surface area contributed by atoms with Crippen molar-refractivity contribution in [2.24, 2.45) is 5.73 Å². The lowest BCUT2D eigenvalue weighted by Gasteiger charge is -2.28. The lowest BCUT2D eigenvalue weighted by atomic mass is 9.85. The highest BCUT2D eigenvalue weighted by molar-refractivity contribution is 9.10. The molecule has 2 rings (SSSR count). The van der Waals surface area contributed by atoms with Crippen LogP contribution >= 0.6 is 27.5 Å². The molecule has 1 atom stereocenters. The molecule has 0 fully saturated rings. The van der Waals surface area contributed by atoms with Crippen LogP contribution < -0.4 is 10.5 Å². The average Bonchev–Trinajstić information content (AvgIpc) is 2.39. The van der Waals surface area contributed by atoms with Gasteiger partial charge in [-0.2, -0.15) is 0 Å². The Hall–Kier alpha value is -1.03. The first-order valence-corrected chi connectivity index (χ1v) is 7.02. The van der Waals surface area contributed by atoms with Crippen molar-refractivity contribution in [3.8, 4) is 5.75 Å². The molecule has 100 valence electrons. The van der Waals surface area contributed by atoms with Crippen molar-refractivity contribution in [1.82, 2.24) is 0 Å². The molecule has 0 saturated carbocycles. The third-order valence-electron chi connectivity index (χ3n) is 3.15. The Bertz CT molecular complexity index is 598. The minimum absolute atomic E-state index is 0.638. The van der Waals surface area contributed by atoms with Gasteiger partial charge in [-0.1, -0.05) is 45.7 Å². The van der Waals surface area contributed by atoms with Gasteiger partial charge in [-0.15, -0.1) is 0 Å². The van der Waals surface area contributed by atoms with Crippen molar-refractivity contribution in [3.05, 3.63) is 63.1 Å². The van der Waals surface area contributed by atoms with Crippen molar-refractivity contribution in [1.29, 1.82) is 0 Å². The normalized spacial score (nSPS) is 13.9.